The van der Waals surface area contributed by atoms with Crippen LogP contribution in [-0.4, -0.2) is 47.3 Å². The van der Waals surface area contributed by atoms with E-state index in [0.717, 1.165) is 17.4 Å². The minimum absolute atomic E-state index is 0.0528. The molecule has 13 heteroatoms. The Morgan fingerprint density at radius 2 is 1.97 bits per heavy atom. The number of carbonyl (C=O) groups is 2. The lowest BCUT2D eigenvalue weighted by Crippen LogP contribution is -2.48. The second-order valence-electron chi connectivity index (χ2n) is 7.75. The molecular weight excluding hydrogens is 526 g/mol. The Balaban J connectivity index is 1.29. The van der Waals surface area contributed by atoms with Gasteiger partial charge in [0.05, 0.1) is 24.1 Å². The van der Waals surface area contributed by atoms with Gasteiger partial charge in [0, 0.05) is 24.0 Å². The fraction of sp³-hybridized carbons (Fsp3) is 0.167. The number of amides is 2. The lowest BCUT2D eigenvalue weighted by Gasteiger charge is -2.26. The van der Waals surface area contributed by atoms with Crippen molar-refractivity contribution in [2.75, 3.05) is 24.8 Å². The number of oxazole rings is 1. The molecule has 9 nitrogen and oxygen atoms in total. The molecule has 37 heavy (non-hydrogen) atoms. The molecule has 0 unspecified atom stereocenters. The van der Waals surface area contributed by atoms with Crippen molar-refractivity contribution in [1.82, 2.24) is 15.3 Å². The maximum absolute atomic E-state index is 14.8. The molecule has 0 bridgehead atoms. The smallest absolute Gasteiger partial charge is 0.278 e. The summed E-state index contributed by atoms with van der Waals surface area (Å²) in [6.07, 6.45) is 3.10. The van der Waals surface area contributed by atoms with E-state index in [4.69, 9.17) is 13.9 Å². The van der Waals surface area contributed by atoms with Crippen molar-refractivity contribution >= 4 is 40.6 Å². The third-order valence-corrected chi connectivity index (χ3v) is 6.55. The van der Waals surface area contributed by atoms with Crippen molar-refractivity contribution in [1.29, 1.82) is 0 Å². The van der Waals surface area contributed by atoms with Crippen molar-refractivity contribution in [3.05, 3.63) is 71.0 Å². The molecule has 1 fully saturated rings. The number of aromatic nitrogens is 2. The molecule has 1 saturated heterocycles. The van der Waals surface area contributed by atoms with Crippen LogP contribution in [0.3, 0.4) is 0 Å². The van der Waals surface area contributed by atoms with Gasteiger partial charge >= 0.3 is 0 Å². The van der Waals surface area contributed by atoms with Gasteiger partial charge in [0.1, 0.15) is 11.4 Å². The van der Waals surface area contributed by atoms with Crippen LogP contribution < -0.4 is 15.4 Å². The monoisotopic (exact) mass is 544 g/mol. The minimum Gasteiger partial charge on any atom is -0.454 e. The van der Waals surface area contributed by atoms with E-state index in [9.17, 15) is 18.4 Å². The standard InChI is InChI=1S/C24H18F2N4O5S2/c1-36-24-30-20(21(35-24)18-4-5-19(26)37-18)23(32)28-12-2-3-17(15(25)8-12)34-14-6-7-27-16(9-14)22(31)29-13-10-33-11-13/h2-9,13H,10-11H2,1H3,(H,28,32)(H,29,31). The van der Waals surface area contributed by atoms with Gasteiger partial charge in [-0.25, -0.2) is 4.39 Å². The summed E-state index contributed by atoms with van der Waals surface area (Å²) in [7, 11) is 0. The summed E-state index contributed by atoms with van der Waals surface area (Å²) in [4.78, 5) is 33.8. The molecule has 1 aromatic carbocycles. The average Bonchev–Trinajstić information content (AvgIpc) is 3.49. The van der Waals surface area contributed by atoms with Crippen molar-refractivity contribution in [3.8, 4) is 22.1 Å². The predicted octanol–water partition coefficient (Wildman–Crippen LogP) is 4.97. The predicted molar refractivity (Wildman–Crippen MR) is 132 cm³/mol. The molecule has 0 radical (unpaired) electrons. The van der Waals surface area contributed by atoms with E-state index >= 15 is 0 Å². The van der Waals surface area contributed by atoms with Crippen LogP contribution in [0, 0.1) is 10.9 Å². The molecule has 4 aromatic rings. The summed E-state index contributed by atoms with van der Waals surface area (Å²) >= 11 is 2.00. The maximum Gasteiger partial charge on any atom is 0.278 e. The minimum atomic E-state index is -0.752. The number of carbonyl (C=O) groups excluding carboxylic acids is 2. The largest absolute Gasteiger partial charge is 0.454 e. The van der Waals surface area contributed by atoms with Crippen LogP contribution in [-0.2, 0) is 4.74 Å². The normalized spacial score (nSPS) is 13.2. The number of nitrogens with zero attached hydrogens (tertiary/aromatic N) is 2. The number of ether oxygens (including phenoxy) is 2. The Labute approximate surface area is 217 Å². The summed E-state index contributed by atoms with van der Waals surface area (Å²) in [6, 6.07) is 9.43. The van der Waals surface area contributed by atoms with Crippen molar-refractivity contribution in [2.24, 2.45) is 0 Å². The van der Waals surface area contributed by atoms with E-state index in [1.54, 1.807) is 6.26 Å². The van der Waals surface area contributed by atoms with E-state index in [0.29, 0.717) is 18.1 Å². The van der Waals surface area contributed by atoms with E-state index in [-0.39, 0.29) is 51.5 Å². The average molecular weight is 545 g/mol. The molecule has 190 valence electrons. The van der Waals surface area contributed by atoms with Gasteiger partial charge in [-0.15, -0.1) is 11.3 Å². The molecule has 5 rings (SSSR count). The van der Waals surface area contributed by atoms with E-state index in [2.05, 4.69) is 20.6 Å². The number of thiophene rings is 1. The quantitative estimate of drug-likeness (QED) is 0.299. The lowest BCUT2D eigenvalue weighted by atomic mass is 10.2. The van der Waals surface area contributed by atoms with Gasteiger partial charge in [-0.3, -0.25) is 14.6 Å². The van der Waals surface area contributed by atoms with E-state index in [1.165, 1.54) is 54.4 Å². The summed E-state index contributed by atoms with van der Waals surface area (Å²) < 4.78 is 44.5. The number of halogens is 2. The lowest BCUT2D eigenvalue weighted by molar-refractivity contribution is -0.00355. The van der Waals surface area contributed by atoms with Crippen LogP contribution in [0.25, 0.3) is 10.6 Å². The zero-order valence-corrected chi connectivity index (χ0v) is 20.8. The summed E-state index contributed by atoms with van der Waals surface area (Å²) in [6.45, 7) is 0.888. The first-order valence-electron chi connectivity index (χ1n) is 10.8. The molecule has 3 aromatic heterocycles. The van der Waals surface area contributed by atoms with Gasteiger partial charge in [0.15, 0.2) is 28.2 Å². The van der Waals surface area contributed by atoms with Crippen LogP contribution in [0.1, 0.15) is 21.0 Å². The van der Waals surface area contributed by atoms with Crippen LogP contribution in [0.15, 0.2) is 58.3 Å². The number of anilines is 1. The van der Waals surface area contributed by atoms with Gasteiger partial charge in [0.25, 0.3) is 17.0 Å². The number of nitrogens with one attached hydrogen (secondary N) is 2. The molecule has 0 saturated carbocycles. The summed E-state index contributed by atoms with van der Waals surface area (Å²) in [5, 5.41) is 5.13. The van der Waals surface area contributed by atoms with Crippen molar-refractivity contribution < 1.29 is 32.3 Å². The van der Waals surface area contributed by atoms with Crippen LogP contribution in [0.5, 0.6) is 11.5 Å². The maximum atomic E-state index is 14.8. The third-order valence-electron chi connectivity index (χ3n) is 5.15. The molecule has 1 aliphatic heterocycles. The molecule has 2 amide bonds. The zero-order valence-electron chi connectivity index (χ0n) is 19.1. The topological polar surface area (TPSA) is 116 Å². The second-order valence-corrected chi connectivity index (χ2v) is 9.54. The fourth-order valence-corrected chi connectivity index (χ4v) is 4.36. The summed E-state index contributed by atoms with van der Waals surface area (Å²) in [5.74, 6) is -1.58. The number of pyridine rings is 1. The van der Waals surface area contributed by atoms with Crippen LogP contribution >= 0.6 is 23.1 Å². The zero-order chi connectivity index (χ0) is 25.9. The van der Waals surface area contributed by atoms with Gasteiger partial charge in [0.2, 0.25) is 0 Å². The third kappa shape index (κ3) is 5.63. The Bertz CT molecular complexity index is 1470. The fourth-order valence-electron chi connectivity index (χ4n) is 3.30. The highest BCUT2D eigenvalue weighted by Gasteiger charge is 2.24. The first kappa shape index (κ1) is 24.9. The van der Waals surface area contributed by atoms with Gasteiger partial charge in [-0.1, -0.05) is 11.8 Å². The number of hydrogen-bond donors (Lipinski definition) is 2. The first-order chi connectivity index (χ1) is 17.9. The van der Waals surface area contributed by atoms with Crippen molar-refractivity contribution in [3.63, 3.8) is 0 Å². The van der Waals surface area contributed by atoms with Crippen LogP contribution in [0.2, 0.25) is 0 Å². The first-order valence-corrected chi connectivity index (χ1v) is 12.9. The van der Waals surface area contributed by atoms with E-state index < -0.39 is 16.9 Å². The Morgan fingerprint density at radius 3 is 2.65 bits per heavy atom. The number of benzene rings is 1. The highest BCUT2D eigenvalue weighted by atomic mass is 32.2. The molecular formula is C24H18F2N4O5S2. The van der Waals surface area contributed by atoms with Gasteiger partial charge in [-0.05, 0) is 36.6 Å². The number of hydrogen-bond acceptors (Lipinski definition) is 9. The highest BCUT2D eigenvalue weighted by Crippen LogP contribution is 2.34. The Kier molecular flexibility index (Phi) is 7.17. The van der Waals surface area contributed by atoms with Crippen molar-refractivity contribution in [2.45, 2.75) is 11.3 Å². The van der Waals surface area contributed by atoms with E-state index in [1.807, 2.05) is 0 Å². The number of rotatable bonds is 8. The highest BCUT2D eigenvalue weighted by molar-refractivity contribution is 7.98. The second kappa shape index (κ2) is 10.7. The SMILES string of the molecule is CSc1nc(C(=O)Nc2ccc(Oc3ccnc(C(=O)NC4COC4)c3)c(F)c2)c(-c2ccc(F)s2)o1. The molecule has 0 aliphatic carbocycles. The molecule has 0 atom stereocenters. The van der Waals surface area contributed by atoms with Gasteiger partial charge < -0.3 is 24.5 Å². The molecule has 0 spiro atoms. The summed E-state index contributed by atoms with van der Waals surface area (Å²) in [5.41, 5.74) is 0.208. The molecule has 2 N–H and O–H groups in total. The number of thioether (sulfide) groups is 1. The molecule has 1 aliphatic rings. The molecule has 4 heterocycles. The van der Waals surface area contributed by atoms with Gasteiger partial charge in [-0.2, -0.15) is 9.37 Å². The Morgan fingerprint density at radius 1 is 1.14 bits per heavy atom. The Hall–Kier alpha value is -3.81. The van der Waals surface area contributed by atoms with Crippen LogP contribution in [0.4, 0.5) is 14.5 Å².